The molecule has 0 amide bonds. The van der Waals surface area contributed by atoms with Crippen LogP contribution in [0.25, 0.3) is 5.95 Å². The van der Waals surface area contributed by atoms with Gasteiger partial charge in [-0.15, -0.1) is 0 Å². The van der Waals surface area contributed by atoms with Crippen molar-refractivity contribution in [2.45, 2.75) is 0 Å². The quantitative estimate of drug-likeness (QED) is 0.770. The topological polar surface area (TPSA) is 94.5 Å². The van der Waals surface area contributed by atoms with Gasteiger partial charge in [0, 0.05) is 17.4 Å². The van der Waals surface area contributed by atoms with Crippen LogP contribution in [0, 0.1) is 5.82 Å². The fourth-order valence-corrected chi connectivity index (χ4v) is 1.80. The first kappa shape index (κ1) is 13.3. The van der Waals surface area contributed by atoms with Crippen LogP contribution < -0.4 is 11.1 Å². The number of nitrogens with one attached hydrogen (secondary N) is 1. The molecule has 2 aromatic heterocycles. The molecule has 0 fully saturated rings. The second-order valence-electron chi connectivity index (χ2n) is 4.02. The molecule has 3 rings (SSSR count). The van der Waals surface area contributed by atoms with Gasteiger partial charge in [-0.05, 0) is 24.3 Å². The maximum atomic E-state index is 13.7. The van der Waals surface area contributed by atoms with Crippen molar-refractivity contribution in [2.24, 2.45) is 0 Å². The summed E-state index contributed by atoms with van der Waals surface area (Å²) in [5.41, 5.74) is 5.80. The van der Waals surface area contributed by atoms with Crippen molar-refractivity contribution in [2.75, 3.05) is 11.1 Å². The number of aromatic nitrogens is 5. The zero-order chi connectivity index (χ0) is 14.8. The van der Waals surface area contributed by atoms with E-state index < -0.39 is 5.82 Å². The summed E-state index contributed by atoms with van der Waals surface area (Å²) in [4.78, 5) is 12.0. The number of nitrogens with zero attached hydrogens (tertiary/aromatic N) is 5. The third-order valence-corrected chi connectivity index (χ3v) is 2.76. The average molecular weight is 306 g/mol. The van der Waals surface area contributed by atoms with Crippen molar-refractivity contribution >= 4 is 29.2 Å². The highest BCUT2D eigenvalue weighted by Gasteiger charge is 2.09. The van der Waals surface area contributed by atoms with Crippen LogP contribution in [0.3, 0.4) is 0 Å². The molecular formula is C12H9ClFN7. The van der Waals surface area contributed by atoms with E-state index >= 15 is 0 Å². The normalized spacial score (nSPS) is 10.6. The van der Waals surface area contributed by atoms with Gasteiger partial charge in [-0.2, -0.15) is 20.1 Å². The van der Waals surface area contributed by atoms with Crippen molar-refractivity contribution in [3.8, 4) is 5.95 Å². The minimum atomic E-state index is -0.526. The standard InChI is InChI=1S/C12H9ClFN7/c13-7-2-3-9(8(14)6-7)17-11-18-10(15)19-12(20-11)21-5-1-4-16-21/h1-6H,(H3,15,17,18,19,20). The molecular weight excluding hydrogens is 297 g/mol. The Kier molecular flexibility index (Phi) is 3.36. The summed E-state index contributed by atoms with van der Waals surface area (Å²) < 4.78 is 15.2. The lowest BCUT2D eigenvalue weighted by Gasteiger charge is -2.08. The van der Waals surface area contributed by atoms with Gasteiger partial charge in [0.1, 0.15) is 5.82 Å². The molecule has 9 heteroatoms. The van der Waals surface area contributed by atoms with Gasteiger partial charge in [-0.3, -0.25) is 0 Å². The van der Waals surface area contributed by atoms with Crippen LogP contribution in [-0.2, 0) is 0 Å². The monoisotopic (exact) mass is 305 g/mol. The molecule has 0 aliphatic rings. The third-order valence-electron chi connectivity index (χ3n) is 2.53. The largest absolute Gasteiger partial charge is 0.368 e. The van der Waals surface area contributed by atoms with Gasteiger partial charge in [0.2, 0.25) is 11.9 Å². The minimum Gasteiger partial charge on any atom is -0.368 e. The number of nitrogens with two attached hydrogens (primary N) is 1. The van der Waals surface area contributed by atoms with Crippen LogP contribution in [0.4, 0.5) is 22.0 Å². The van der Waals surface area contributed by atoms with Gasteiger partial charge in [0.05, 0.1) is 5.69 Å². The molecule has 0 unspecified atom stereocenters. The second-order valence-corrected chi connectivity index (χ2v) is 4.45. The van der Waals surface area contributed by atoms with Crippen LogP contribution in [0.15, 0.2) is 36.7 Å². The molecule has 2 heterocycles. The van der Waals surface area contributed by atoms with E-state index in [1.807, 2.05) is 0 Å². The molecule has 0 aliphatic carbocycles. The Bertz CT molecular complexity index is 775. The number of anilines is 3. The molecule has 0 atom stereocenters. The smallest absolute Gasteiger partial charge is 0.257 e. The van der Waals surface area contributed by atoms with E-state index in [4.69, 9.17) is 17.3 Å². The molecule has 106 valence electrons. The Labute approximate surface area is 123 Å². The van der Waals surface area contributed by atoms with E-state index in [-0.39, 0.29) is 23.5 Å². The number of benzene rings is 1. The Morgan fingerprint density at radius 1 is 1.24 bits per heavy atom. The van der Waals surface area contributed by atoms with Crippen LogP contribution in [0.5, 0.6) is 0 Å². The fourth-order valence-electron chi connectivity index (χ4n) is 1.64. The van der Waals surface area contributed by atoms with Crippen LogP contribution in [-0.4, -0.2) is 24.7 Å². The van der Waals surface area contributed by atoms with Gasteiger partial charge in [0.15, 0.2) is 0 Å². The maximum absolute atomic E-state index is 13.7. The second kappa shape index (κ2) is 5.33. The maximum Gasteiger partial charge on any atom is 0.257 e. The number of hydrogen-bond acceptors (Lipinski definition) is 6. The first-order valence-corrected chi connectivity index (χ1v) is 6.23. The molecule has 1 aromatic carbocycles. The summed E-state index contributed by atoms with van der Waals surface area (Å²) in [6.07, 6.45) is 3.23. The van der Waals surface area contributed by atoms with Crippen molar-refractivity contribution < 1.29 is 4.39 Å². The average Bonchev–Trinajstić information content (AvgIpc) is 2.95. The predicted molar refractivity (Wildman–Crippen MR) is 76.1 cm³/mol. The van der Waals surface area contributed by atoms with Crippen molar-refractivity contribution in [1.29, 1.82) is 0 Å². The molecule has 3 N–H and O–H groups in total. The third kappa shape index (κ3) is 2.90. The van der Waals surface area contributed by atoms with Gasteiger partial charge in [0.25, 0.3) is 5.95 Å². The lowest BCUT2D eigenvalue weighted by atomic mass is 10.3. The van der Waals surface area contributed by atoms with Crippen LogP contribution in [0.2, 0.25) is 5.02 Å². The van der Waals surface area contributed by atoms with E-state index in [0.717, 1.165) is 0 Å². The first-order chi connectivity index (χ1) is 10.1. The van der Waals surface area contributed by atoms with E-state index in [1.54, 1.807) is 24.5 Å². The number of nitrogen functional groups attached to an aromatic ring is 1. The molecule has 3 aromatic rings. The van der Waals surface area contributed by atoms with Crippen molar-refractivity contribution in [1.82, 2.24) is 24.7 Å². The van der Waals surface area contributed by atoms with Crippen LogP contribution >= 0.6 is 11.6 Å². The van der Waals surface area contributed by atoms with E-state index in [2.05, 4.69) is 25.4 Å². The van der Waals surface area contributed by atoms with E-state index in [9.17, 15) is 4.39 Å². The lowest BCUT2D eigenvalue weighted by molar-refractivity contribution is 0.631. The Morgan fingerprint density at radius 2 is 2.10 bits per heavy atom. The van der Waals surface area contributed by atoms with Gasteiger partial charge >= 0.3 is 0 Å². The summed E-state index contributed by atoms with van der Waals surface area (Å²) in [6, 6.07) is 5.92. The Morgan fingerprint density at radius 3 is 2.81 bits per heavy atom. The zero-order valence-electron chi connectivity index (χ0n) is 10.5. The summed E-state index contributed by atoms with van der Waals surface area (Å²) >= 11 is 5.70. The number of rotatable bonds is 3. The summed E-state index contributed by atoms with van der Waals surface area (Å²) in [5, 5.41) is 7.02. The highest BCUT2D eigenvalue weighted by molar-refractivity contribution is 6.30. The highest BCUT2D eigenvalue weighted by atomic mass is 35.5. The molecule has 0 radical (unpaired) electrons. The Hall–Kier alpha value is -2.74. The van der Waals surface area contributed by atoms with Gasteiger partial charge in [-0.1, -0.05) is 11.6 Å². The summed E-state index contributed by atoms with van der Waals surface area (Å²) in [5.74, 6) is -0.201. The first-order valence-electron chi connectivity index (χ1n) is 5.85. The molecule has 0 bridgehead atoms. The summed E-state index contributed by atoms with van der Waals surface area (Å²) in [6.45, 7) is 0. The highest BCUT2D eigenvalue weighted by Crippen LogP contribution is 2.21. The molecule has 0 aliphatic heterocycles. The van der Waals surface area contributed by atoms with Crippen LogP contribution in [0.1, 0.15) is 0 Å². The fraction of sp³-hybridized carbons (Fsp3) is 0. The van der Waals surface area contributed by atoms with E-state index in [0.29, 0.717) is 5.02 Å². The van der Waals surface area contributed by atoms with Gasteiger partial charge in [-0.25, -0.2) is 9.07 Å². The molecule has 0 saturated carbocycles. The molecule has 0 saturated heterocycles. The Balaban J connectivity index is 1.95. The SMILES string of the molecule is Nc1nc(Nc2ccc(Cl)cc2F)nc(-n2cccn2)n1. The van der Waals surface area contributed by atoms with Crippen molar-refractivity contribution in [3.05, 3.63) is 47.5 Å². The minimum absolute atomic E-state index is 0.00706. The molecule has 0 spiro atoms. The van der Waals surface area contributed by atoms with Crippen molar-refractivity contribution in [3.63, 3.8) is 0 Å². The van der Waals surface area contributed by atoms with Gasteiger partial charge < -0.3 is 11.1 Å². The zero-order valence-corrected chi connectivity index (χ0v) is 11.3. The van der Waals surface area contributed by atoms with E-state index in [1.165, 1.54) is 16.8 Å². The lowest BCUT2D eigenvalue weighted by Crippen LogP contribution is -2.09. The predicted octanol–water partition coefficient (Wildman–Crippen LogP) is 2.18. The number of halogens is 2. The summed E-state index contributed by atoms with van der Waals surface area (Å²) in [7, 11) is 0. The molecule has 21 heavy (non-hydrogen) atoms. The number of hydrogen-bond donors (Lipinski definition) is 2. The molecule has 7 nitrogen and oxygen atoms in total.